The number of amides is 1. The van der Waals surface area contributed by atoms with E-state index in [1.54, 1.807) is 36.0 Å². The predicted molar refractivity (Wildman–Crippen MR) is 103 cm³/mol. The highest BCUT2D eigenvalue weighted by Crippen LogP contribution is 2.34. The number of ether oxygens (including phenoxy) is 2. The topological polar surface area (TPSA) is 65.4 Å². The predicted octanol–water partition coefficient (Wildman–Crippen LogP) is 3.57. The SMILES string of the molecule is CCOC(CNC(=O)c1cc2c(-c3ccccc3F)nn(C)c2s1)OCC. The highest BCUT2D eigenvalue weighted by molar-refractivity contribution is 7.20. The van der Waals surface area contributed by atoms with Gasteiger partial charge < -0.3 is 14.8 Å². The van der Waals surface area contributed by atoms with Crippen molar-refractivity contribution in [3.63, 3.8) is 0 Å². The molecule has 8 heteroatoms. The molecule has 0 radical (unpaired) electrons. The van der Waals surface area contributed by atoms with E-state index in [0.717, 1.165) is 10.2 Å². The molecule has 0 bridgehead atoms. The van der Waals surface area contributed by atoms with Crippen LogP contribution in [0.4, 0.5) is 4.39 Å². The monoisotopic (exact) mass is 391 g/mol. The van der Waals surface area contributed by atoms with Gasteiger partial charge in [0.25, 0.3) is 5.91 Å². The number of hydrogen-bond acceptors (Lipinski definition) is 5. The van der Waals surface area contributed by atoms with E-state index >= 15 is 0 Å². The van der Waals surface area contributed by atoms with Gasteiger partial charge >= 0.3 is 0 Å². The van der Waals surface area contributed by atoms with Crippen molar-refractivity contribution in [3.8, 4) is 11.3 Å². The van der Waals surface area contributed by atoms with Crippen LogP contribution in [0.3, 0.4) is 0 Å². The van der Waals surface area contributed by atoms with Crippen molar-refractivity contribution in [1.29, 1.82) is 0 Å². The summed E-state index contributed by atoms with van der Waals surface area (Å²) in [5, 5.41) is 8.00. The highest BCUT2D eigenvalue weighted by Gasteiger charge is 2.20. The molecule has 2 aromatic heterocycles. The molecule has 0 atom stereocenters. The van der Waals surface area contributed by atoms with Crippen molar-refractivity contribution < 1.29 is 18.7 Å². The normalized spacial score (nSPS) is 11.4. The number of thiophene rings is 1. The zero-order valence-electron chi connectivity index (χ0n) is 15.5. The summed E-state index contributed by atoms with van der Waals surface area (Å²) in [6, 6.07) is 8.24. The Hall–Kier alpha value is -2.29. The first-order valence-electron chi connectivity index (χ1n) is 8.78. The number of carbonyl (C=O) groups excluding carboxylic acids is 1. The van der Waals surface area contributed by atoms with Gasteiger partial charge in [0.05, 0.1) is 11.4 Å². The maximum atomic E-state index is 14.2. The van der Waals surface area contributed by atoms with Gasteiger partial charge in [-0.1, -0.05) is 12.1 Å². The zero-order chi connectivity index (χ0) is 19.4. The lowest BCUT2D eigenvalue weighted by Gasteiger charge is -2.17. The summed E-state index contributed by atoms with van der Waals surface area (Å²) in [5.74, 6) is -0.564. The van der Waals surface area contributed by atoms with E-state index < -0.39 is 6.29 Å². The van der Waals surface area contributed by atoms with E-state index in [1.807, 2.05) is 13.8 Å². The molecule has 0 aliphatic heterocycles. The third kappa shape index (κ3) is 4.18. The lowest BCUT2D eigenvalue weighted by molar-refractivity contribution is -0.131. The number of nitrogens with zero attached hydrogens (tertiary/aromatic N) is 2. The first-order chi connectivity index (χ1) is 13.0. The van der Waals surface area contributed by atoms with Gasteiger partial charge in [0.1, 0.15) is 16.3 Å². The van der Waals surface area contributed by atoms with Crippen molar-refractivity contribution >= 4 is 27.5 Å². The van der Waals surface area contributed by atoms with E-state index in [9.17, 15) is 9.18 Å². The quantitative estimate of drug-likeness (QED) is 0.596. The second-order valence-electron chi connectivity index (χ2n) is 5.83. The molecule has 144 valence electrons. The van der Waals surface area contributed by atoms with Gasteiger partial charge in [-0.3, -0.25) is 9.48 Å². The summed E-state index contributed by atoms with van der Waals surface area (Å²) < 4.78 is 26.7. The molecule has 2 heterocycles. The van der Waals surface area contributed by atoms with Crippen LogP contribution >= 0.6 is 11.3 Å². The molecule has 27 heavy (non-hydrogen) atoms. The molecule has 1 aromatic carbocycles. The Kier molecular flexibility index (Phi) is 6.20. The van der Waals surface area contributed by atoms with Crippen molar-refractivity contribution in [2.24, 2.45) is 7.05 Å². The Balaban J connectivity index is 1.83. The van der Waals surface area contributed by atoms with Crippen LogP contribution in [-0.4, -0.2) is 41.7 Å². The number of aromatic nitrogens is 2. The molecular formula is C19H22FN3O3S. The maximum absolute atomic E-state index is 14.2. The molecule has 1 amide bonds. The highest BCUT2D eigenvalue weighted by atomic mass is 32.1. The summed E-state index contributed by atoms with van der Waals surface area (Å²) >= 11 is 1.32. The Labute approximate surface area is 160 Å². The molecule has 3 rings (SSSR count). The molecule has 0 fully saturated rings. The molecule has 0 saturated carbocycles. The van der Waals surface area contributed by atoms with Gasteiger partial charge in [0.15, 0.2) is 6.29 Å². The van der Waals surface area contributed by atoms with Crippen LogP contribution in [0.15, 0.2) is 30.3 Å². The van der Waals surface area contributed by atoms with Crippen LogP contribution in [0.25, 0.3) is 21.5 Å². The second kappa shape index (κ2) is 8.60. The Bertz CT molecular complexity index is 932. The zero-order valence-corrected chi connectivity index (χ0v) is 16.3. The summed E-state index contributed by atoms with van der Waals surface area (Å²) in [4.78, 5) is 13.9. The summed E-state index contributed by atoms with van der Waals surface area (Å²) in [7, 11) is 1.78. The van der Waals surface area contributed by atoms with Crippen LogP contribution in [0, 0.1) is 5.82 Å². The number of halogens is 1. The molecule has 0 aliphatic carbocycles. The van der Waals surface area contributed by atoms with E-state index in [0.29, 0.717) is 29.3 Å². The van der Waals surface area contributed by atoms with Crippen LogP contribution in [0.1, 0.15) is 23.5 Å². The van der Waals surface area contributed by atoms with Crippen LogP contribution < -0.4 is 5.32 Å². The molecule has 0 aliphatic rings. The third-order valence-electron chi connectivity index (χ3n) is 4.00. The van der Waals surface area contributed by atoms with Crippen molar-refractivity contribution in [3.05, 3.63) is 41.0 Å². The maximum Gasteiger partial charge on any atom is 0.261 e. The molecular weight excluding hydrogens is 369 g/mol. The van der Waals surface area contributed by atoms with E-state index in [1.165, 1.54) is 17.4 Å². The van der Waals surface area contributed by atoms with Gasteiger partial charge in [-0.2, -0.15) is 5.10 Å². The largest absolute Gasteiger partial charge is 0.351 e. The number of hydrogen-bond donors (Lipinski definition) is 1. The Morgan fingerprint density at radius 3 is 2.67 bits per heavy atom. The Morgan fingerprint density at radius 1 is 1.30 bits per heavy atom. The van der Waals surface area contributed by atoms with Crippen LogP contribution in [0.2, 0.25) is 0 Å². The fourth-order valence-electron chi connectivity index (χ4n) is 2.81. The molecule has 0 unspecified atom stereocenters. The van der Waals surface area contributed by atoms with Crippen molar-refractivity contribution in [2.45, 2.75) is 20.1 Å². The molecule has 0 saturated heterocycles. The smallest absolute Gasteiger partial charge is 0.261 e. The molecule has 0 spiro atoms. The lowest BCUT2D eigenvalue weighted by atomic mass is 10.1. The average molecular weight is 391 g/mol. The minimum Gasteiger partial charge on any atom is -0.351 e. The van der Waals surface area contributed by atoms with E-state index in [2.05, 4.69) is 10.4 Å². The summed E-state index contributed by atoms with van der Waals surface area (Å²) in [6.45, 7) is 5.00. The minimum absolute atomic E-state index is 0.222. The summed E-state index contributed by atoms with van der Waals surface area (Å²) in [5.41, 5.74) is 0.947. The summed E-state index contributed by atoms with van der Waals surface area (Å²) in [6.07, 6.45) is -0.478. The number of aryl methyl sites for hydroxylation is 1. The van der Waals surface area contributed by atoms with Gasteiger partial charge in [-0.25, -0.2) is 4.39 Å². The molecule has 6 nitrogen and oxygen atoms in total. The number of rotatable bonds is 8. The van der Waals surface area contributed by atoms with Crippen LogP contribution in [-0.2, 0) is 16.5 Å². The first-order valence-corrected chi connectivity index (χ1v) is 9.59. The number of benzene rings is 1. The van der Waals surface area contributed by atoms with Crippen molar-refractivity contribution in [2.75, 3.05) is 19.8 Å². The van der Waals surface area contributed by atoms with Gasteiger partial charge in [0, 0.05) is 31.2 Å². The number of nitrogens with one attached hydrogen (secondary N) is 1. The second-order valence-corrected chi connectivity index (χ2v) is 6.86. The minimum atomic E-state index is -0.478. The van der Waals surface area contributed by atoms with Gasteiger partial charge in [-0.15, -0.1) is 11.3 Å². The average Bonchev–Trinajstić information content (AvgIpc) is 3.21. The standard InChI is InChI=1S/C19H22FN3O3S/c1-4-25-16(26-5-2)11-21-18(24)15-10-13-17(22-23(3)19(13)27-15)12-8-6-7-9-14(12)20/h6-10,16H,4-5,11H2,1-3H3,(H,21,24). The van der Waals surface area contributed by atoms with Gasteiger partial charge in [0.2, 0.25) is 0 Å². The van der Waals surface area contributed by atoms with Crippen LogP contribution in [0.5, 0.6) is 0 Å². The number of fused-ring (bicyclic) bond motifs is 1. The lowest BCUT2D eigenvalue weighted by Crippen LogP contribution is -2.35. The van der Waals surface area contributed by atoms with E-state index in [-0.39, 0.29) is 18.3 Å². The fourth-order valence-corrected chi connectivity index (χ4v) is 3.79. The first kappa shape index (κ1) is 19.5. The van der Waals surface area contributed by atoms with Crippen molar-refractivity contribution in [1.82, 2.24) is 15.1 Å². The number of carbonyl (C=O) groups is 1. The van der Waals surface area contributed by atoms with Gasteiger partial charge in [-0.05, 0) is 32.0 Å². The molecule has 1 N–H and O–H groups in total. The molecule has 3 aromatic rings. The Morgan fingerprint density at radius 2 is 2.00 bits per heavy atom. The third-order valence-corrected chi connectivity index (χ3v) is 5.20. The fraction of sp³-hybridized carbons (Fsp3) is 0.368. The van der Waals surface area contributed by atoms with E-state index in [4.69, 9.17) is 9.47 Å².